The summed E-state index contributed by atoms with van der Waals surface area (Å²) in [5, 5.41) is 9.69. The molecule has 0 saturated heterocycles. The normalized spacial score (nSPS) is 11.6. The van der Waals surface area contributed by atoms with Crippen LogP contribution in [-0.4, -0.2) is 32.4 Å². The molecule has 0 aromatic heterocycles. The standard InChI is InChI=1S/C17H18O5/c1-20-13-7-4-11(5-8-13)16(17(19)22-3)12-6-9-14(18)15(10-12)21-2/h4-10,16,18H,1-3H3. The maximum absolute atomic E-state index is 12.2. The Morgan fingerprint density at radius 2 is 1.59 bits per heavy atom. The predicted octanol–water partition coefficient (Wildman–Crippen LogP) is 2.71. The van der Waals surface area contributed by atoms with Gasteiger partial charge in [0, 0.05) is 0 Å². The molecule has 22 heavy (non-hydrogen) atoms. The van der Waals surface area contributed by atoms with Crippen LogP contribution in [0, 0.1) is 0 Å². The van der Waals surface area contributed by atoms with Gasteiger partial charge in [0.25, 0.3) is 0 Å². The summed E-state index contributed by atoms with van der Waals surface area (Å²) >= 11 is 0. The van der Waals surface area contributed by atoms with Crippen LogP contribution >= 0.6 is 0 Å². The summed E-state index contributed by atoms with van der Waals surface area (Å²) in [6, 6.07) is 12.0. The molecule has 1 unspecified atom stereocenters. The number of rotatable bonds is 5. The molecule has 0 aliphatic heterocycles. The van der Waals surface area contributed by atoms with Gasteiger partial charge in [0.2, 0.25) is 0 Å². The number of methoxy groups -OCH3 is 3. The predicted molar refractivity (Wildman–Crippen MR) is 81.5 cm³/mol. The molecule has 2 aromatic carbocycles. The van der Waals surface area contributed by atoms with Crippen molar-refractivity contribution in [1.29, 1.82) is 0 Å². The van der Waals surface area contributed by atoms with Crippen LogP contribution in [0.1, 0.15) is 17.0 Å². The smallest absolute Gasteiger partial charge is 0.317 e. The Morgan fingerprint density at radius 1 is 0.955 bits per heavy atom. The summed E-state index contributed by atoms with van der Waals surface area (Å²) in [6.45, 7) is 0. The first kappa shape index (κ1) is 15.7. The van der Waals surface area contributed by atoms with Crippen molar-refractivity contribution in [1.82, 2.24) is 0 Å². The Hall–Kier alpha value is -2.69. The molecule has 1 N–H and O–H groups in total. The Morgan fingerprint density at radius 3 is 2.14 bits per heavy atom. The highest BCUT2D eigenvalue weighted by Crippen LogP contribution is 2.33. The van der Waals surface area contributed by atoms with E-state index in [1.807, 2.05) is 0 Å². The SMILES string of the molecule is COC(=O)C(c1ccc(OC)cc1)c1ccc(O)c(OC)c1. The van der Waals surface area contributed by atoms with Gasteiger partial charge in [-0.05, 0) is 35.4 Å². The highest BCUT2D eigenvalue weighted by molar-refractivity contribution is 5.82. The topological polar surface area (TPSA) is 65.0 Å². The maximum atomic E-state index is 12.2. The minimum absolute atomic E-state index is 0.0181. The van der Waals surface area contributed by atoms with Gasteiger partial charge in [-0.1, -0.05) is 18.2 Å². The van der Waals surface area contributed by atoms with E-state index in [4.69, 9.17) is 14.2 Å². The zero-order chi connectivity index (χ0) is 16.1. The molecule has 0 spiro atoms. The fourth-order valence-corrected chi connectivity index (χ4v) is 2.25. The Bertz CT molecular complexity index is 649. The summed E-state index contributed by atoms with van der Waals surface area (Å²) in [4.78, 5) is 12.2. The van der Waals surface area contributed by atoms with Crippen molar-refractivity contribution in [2.75, 3.05) is 21.3 Å². The van der Waals surface area contributed by atoms with E-state index in [1.165, 1.54) is 20.3 Å². The molecule has 0 amide bonds. The molecule has 116 valence electrons. The van der Waals surface area contributed by atoms with E-state index in [0.717, 1.165) is 5.56 Å². The number of esters is 1. The van der Waals surface area contributed by atoms with Gasteiger partial charge in [0.05, 0.1) is 21.3 Å². The van der Waals surface area contributed by atoms with Crippen LogP contribution in [0.3, 0.4) is 0 Å². The first-order valence-corrected chi connectivity index (χ1v) is 6.69. The number of phenols is 1. The van der Waals surface area contributed by atoms with E-state index in [2.05, 4.69) is 0 Å². The number of benzene rings is 2. The van der Waals surface area contributed by atoms with Gasteiger partial charge < -0.3 is 19.3 Å². The zero-order valence-electron chi connectivity index (χ0n) is 12.7. The van der Waals surface area contributed by atoms with Crippen LogP contribution in [0.2, 0.25) is 0 Å². The van der Waals surface area contributed by atoms with Crippen LogP contribution in [0.5, 0.6) is 17.2 Å². The third kappa shape index (κ3) is 3.14. The molecule has 5 nitrogen and oxygen atoms in total. The fourth-order valence-electron chi connectivity index (χ4n) is 2.25. The summed E-state index contributed by atoms with van der Waals surface area (Å²) < 4.78 is 15.1. The molecular formula is C17H18O5. The van der Waals surface area contributed by atoms with Crippen molar-refractivity contribution in [2.24, 2.45) is 0 Å². The number of carbonyl (C=O) groups is 1. The Kier molecular flexibility index (Phi) is 4.88. The van der Waals surface area contributed by atoms with Crippen molar-refractivity contribution in [3.05, 3.63) is 53.6 Å². The number of hydrogen-bond donors (Lipinski definition) is 1. The molecule has 5 heteroatoms. The third-order valence-corrected chi connectivity index (χ3v) is 3.42. The van der Waals surface area contributed by atoms with Crippen molar-refractivity contribution in [3.8, 4) is 17.2 Å². The van der Waals surface area contributed by atoms with Gasteiger partial charge in [-0.25, -0.2) is 0 Å². The van der Waals surface area contributed by atoms with Gasteiger partial charge >= 0.3 is 5.97 Å². The van der Waals surface area contributed by atoms with Crippen molar-refractivity contribution in [3.63, 3.8) is 0 Å². The molecule has 0 bridgehead atoms. The van der Waals surface area contributed by atoms with E-state index in [1.54, 1.807) is 43.5 Å². The first-order chi connectivity index (χ1) is 10.6. The van der Waals surface area contributed by atoms with Gasteiger partial charge in [0.15, 0.2) is 11.5 Å². The quantitative estimate of drug-likeness (QED) is 0.860. The second-order valence-electron chi connectivity index (χ2n) is 4.66. The maximum Gasteiger partial charge on any atom is 0.317 e. The molecule has 2 rings (SSSR count). The van der Waals surface area contributed by atoms with Gasteiger partial charge in [-0.15, -0.1) is 0 Å². The second-order valence-corrected chi connectivity index (χ2v) is 4.66. The van der Waals surface area contributed by atoms with Crippen molar-refractivity contribution < 1.29 is 24.1 Å². The summed E-state index contributed by atoms with van der Waals surface area (Å²) in [6.07, 6.45) is 0. The number of ether oxygens (including phenoxy) is 3. The summed E-state index contributed by atoms with van der Waals surface area (Å²) in [7, 11) is 4.38. The average molecular weight is 302 g/mol. The lowest BCUT2D eigenvalue weighted by atomic mass is 9.91. The lowest BCUT2D eigenvalue weighted by Gasteiger charge is -2.17. The van der Waals surface area contributed by atoms with Crippen molar-refractivity contribution >= 4 is 5.97 Å². The fraction of sp³-hybridized carbons (Fsp3) is 0.235. The van der Waals surface area contributed by atoms with Crippen molar-refractivity contribution in [2.45, 2.75) is 5.92 Å². The minimum atomic E-state index is -0.606. The van der Waals surface area contributed by atoms with Crippen LogP contribution in [0.4, 0.5) is 0 Å². The van der Waals surface area contributed by atoms with Gasteiger partial charge in [-0.2, -0.15) is 0 Å². The average Bonchev–Trinajstić information content (AvgIpc) is 2.56. The first-order valence-electron chi connectivity index (χ1n) is 6.69. The number of aromatic hydroxyl groups is 1. The molecule has 0 aliphatic carbocycles. The molecule has 1 atom stereocenters. The Labute approximate surface area is 129 Å². The highest BCUT2D eigenvalue weighted by Gasteiger charge is 2.24. The minimum Gasteiger partial charge on any atom is -0.504 e. The lowest BCUT2D eigenvalue weighted by Crippen LogP contribution is -2.15. The number of hydrogen-bond acceptors (Lipinski definition) is 5. The van der Waals surface area contributed by atoms with E-state index < -0.39 is 11.9 Å². The lowest BCUT2D eigenvalue weighted by molar-refractivity contribution is -0.141. The summed E-state index contributed by atoms with van der Waals surface area (Å²) in [5.41, 5.74) is 1.44. The van der Waals surface area contributed by atoms with Crippen LogP contribution < -0.4 is 9.47 Å². The van der Waals surface area contributed by atoms with E-state index >= 15 is 0 Å². The molecular weight excluding hydrogens is 284 g/mol. The monoisotopic (exact) mass is 302 g/mol. The van der Waals surface area contributed by atoms with Gasteiger partial charge in [0.1, 0.15) is 11.7 Å². The molecule has 0 saturated carbocycles. The largest absolute Gasteiger partial charge is 0.504 e. The molecule has 0 radical (unpaired) electrons. The van der Waals surface area contributed by atoms with Gasteiger partial charge in [-0.3, -0.25) is 4.79 Å². The van der Waals surface area contributed by atoms with E-state index in [9.17, 15) is 9.90 Å². The number of phenolic OH excluding ortho intramolecular Hbond substituents is 1. The zero-order valence-corrected chi connectivity index (χ0v) is 12.7. The second kappa shape index (κ2) is 6.85. The van der Waals surface area contributed by atoms with Crippen LogP contribution in [0.25, 0.3) is 0 Å². The number of carbonyl (C=O) groups excluding carboxylic acids is 1. The molecule has 0 aliphatic rings. The molecule has 2 aromatic rings. The summed E-state index contributed by atoms with van der Waals surface area (Å²) in [5.74, 6) is 0.0310. The van der Waals surface area contributed by atoms with Crippen LogP contribution in [0.15, 0.2) is 42.5 Å². The molecule has 0 heterocycles. The van der Waals surface area contributed by atoms with E-state index in [-0.39, 0.29) is 5.75 Å². The van der Waals surface area contributed by atoms with E-state index in [0.29, 0.717) is 17.1 Å². The van der Waals surface area contributed by atoms with Crippen LogP contribution in [-0.2, 0) is 9.53 Å². The Balaban J connectivity index is 2.47. The highest BCUT2D eigenvalue weighted by atomic mass is 16.5. The third-order valence-electron chi connectivity index (χ3n) is 3.42. The molecule has 0 fully saturated rings.